The maximum Gasteiger partial charge on any atom is 0.225 e. The predicted octanol–water partition coefficient (Wildman–Crippen LogP) is 6.46. The van der Waals surface area contributed by atoms with Crippen LogP contribution in [0.2, 0.25) is 0 Å². The van der Waals surface area contributed by atoms with Crippen LogP contribution in [0.25, 0.3) is 0 Å². The van der Waals surface area contributed by atoms with Gasteiger partial charge in [-0.2, -0.15) is 0 Å². The number of amides is 2. The molecular formula is C27H40N3O3. The van der Waals surface area contributed by atoms with Crippen molar-refractivity contribution >= 4 is 23.5 Å². The lowest BCUT2D eigenvalue weighted by Gasteiger charge is -2.14. The third kappa shape index (κ3) is 12.1. The van der Waals surface area contributed by atoms with Crippen LogP contribution in [0.15, 0.2) is 12.1 Å². The number of hydrogen-bond acceptors (Lipinski definition) is 4. The summed E-state index contributed by atoms with van der Waals surface area (Å²) in [4.78, 5) is 29.2. The molecule has 1 heterocycles. The van der Waals surface area contributed by atoms with E-state index in [0.717, 1.165) is 44.4 Å². The fourth-order valence-electron chi connectivity index (χ4n) is 3.58. The van der Waals surface area contributed by atoms with Gasteiger partial charge in [0.2, 0.25) is 11.8 Å². The lowest BCUT2D eigenvalue weighted by atomic mass is 10.1. The molecule has 2 N–H and O–H groups in total. The molecule has 1 aromatic heterocycles. The summed E-state index contributed by atoms with van der Waals surface area (Å²) in [6.07, 6.45) is 19.7. The number of nitrogens with zero attached hydrogens (tertiary/aromatic N) is 1. The Morgan fingerprint density at radius 2 is 1.24 bits per heavy atom. The van der Waals surface area contributed by atoms with E-state index in [-0.39, 0.29) is 11.8 Å². The Balaban J connectivity index is 1.92. The summed E-state index contributed by atoms with van der Waals surface area (Å²) in [5, 5.41) is 5.73. The predicted molar refractivity (Wildman–Crippen MR) is 134 cm³/mol. The molecule has 1 aliphatic carbocycles. The van der Waals surface area contributed by atoms with E-state index >= 15 is 0 Å². The Morgan fingerprint density at radius 1 is 0.758 bits per heavy atom. The molecule has 2 rings (SSSR count). The van der Waals surface area contributed by atoms with Gasteiger partial charge in [0.15, 0.2) is 0 Å². The van der Waals surface area contributed by atoms with Crippen LogP contribution in [0.5, 0.6) is 5.75 Å². The topological polar surface area (TPSA) is 80.3 Å². The Bertz CT molecular complexity index is 656. The van der Waals surface area contributed by atoms with Crippen molar-refractivity contribution in [2.75, 3.05) is 17.2 Å². The highest BCUT2D eigenvalue weighted by atomic mass is 16.5. The monoisotopic (exact) mass is 454 g/mol. The molecule has 0 spiro atoms. The second-order valence-corrected chi connectivity index (χ2v) is 8.58. The first kappa shape index (κ1) is 27.1. The minimum Gasteiger partial charge on any atom is -0.493 e. The van der Waals surface area contributed by atoms with Gasteiger partial charge in [0.05, 0.1) is 6.61 Å². The number of anilines is 2. The molecule has 1 saturated carbocycles. The smallest absolute Gasteiger partial charge is 0.225 e. The van der Waals surface area contributed by atoms with Gasteiger partial charge in [0, 0.05) is 30.9 Å². The summed E-state index contributed by atoms with van der Waals surface area (Å²) < 4.78 is 5.90. The van der Waals surface area contributed by atoms with E-state index in [1.54, 1.807) is 12.1 Å². The zero-order valence-corrected chi connectivity index (χ0v) is 20.3. The van der Waals surface area contributed by atoms with E-state index in [2.05, 4.69) is 29.5 Å². The van der Waals surface area contributed by atoms with Crippen LogP contribution in [-0.2, 0) is 9.59 Å². The van der Waals surface area contributed by atoms with Crippen molar-refractivity contribution in [3.63, 3.8) is 0 Å². The van der Waals surface area contributed by atoms with Gasteiger partial charge in [-0.3, -0.25) is 9.59 Å². The van der Waals surface area contributed by atoms with Crippen LogP contribution in [0.4, 0.5) is 11.6 Å². The quantitative estimate of drug-likeness (QED) is 0.265. The van der Waals surface area contributed by atoms with Gasteiger partial charge >= 0.3 is 0 Å². The van der Waals surface area contributed by atoms with Crippen molar-refractivity contribution in [2.45, 2.75) is 90.9 Å². The molecule has 1 fully saturated rings. The van der Waals surface area contributed by atoms with Crippen molar-refractivity contribution in [2.24, 2.45) is 0 Å². The molecule has 181 valence electrons. The normalized spacial score (nSPS) is 13.8. The van der Waals surface area contributed by atoms with Gasteiger partial charge in [-0.05, 0) is 38.5 Å². The van der Waals surface area contributed by atoms with E-state index in [4.69, 9.17) is 4.74 Å². The Hall–Kier alpha value is -2.11. The number of pyridine rings is 1. The molecule has 0 unspecified atom stereocenters. The number of ether oxygens (including phenoxy) is 1. The van der Waals surface area contributed by atoms with Gasteiger partial charge in [-0.25, -0.2) is 4.98 Å². The number of rotatable bonds is 17. The lowest BCUT2D eigenvalue weighted by Crippen LogP contribution is -2.16. The number of aromatic nitrogens is 1. The van der Waals surface area contributed by atoms with Crippen molar-refractivity contribution in [1.82, 2.24) is 4.98 Å². The molecule has 0 bridgehead atoms. The van der Waals surface area contributed by atoms with E-state index in [1.165, 1.54) is 25.7 Å². The minimum atomic E-state index is -0.0691. The Labute approximate surface area is 200 Å². The maximum atomic E-state index is 12.4. The van der Waals surface area contributed by atoms with Gasteiger partial charge < -0.3 is 15.4 Å². The van der Waals surface area contributed by atoms with Crippen LogP contribution < -0.4 is 15.4 Å². The molecule has 6 heteroatoms. The number of carbonyl (C=O) groups excluding carboxylic acids is 2. The Kier molecular flexibility index (Phi) is 13.6. The van der Waals surface area contributed by atoms with E-state index in [1.807, 2.05) is 25.7 Å². The van der Waals surface area contributed by atoms with Crippen LogP contribution in [0.1, 0.15) is 90.9 Å². The summed E-state index contributed by atoms with van der Waals surface area (Å²) in [5.41, 5.74) is 0. The highest BCUT2D eigenvalue weighted by molar-refractivity contribution is 5.92. The van der Waals surface area contributed by atoms with Crippen molar-refractivity contribution in [3.05, 3.63) is 43.7 Å². The number of nitrogens with one attached hydrogen (secondary N) is 2. The zero-order chi connectivity index (χ0) is 23.7. The third-order valence-corrected chi connectivity index (χ3v) is 5.49. The Morgan fingerprint density at radius 3 is 1.73 bits per heavy atom. The minimum absolute atomic E-state index is 0.0691. The molecule has 2 amide bonds. The number of unbranched alkanes of at least 4 members (excludes halogenated alkanes) is 8. The average Bonchev–Trinajstić information content (AvgIpc) is 3.31. The van der Waals surface area contributed by atoms with E-state index < -0.39 is 0 Å². The average molecular weight is 455 g/mol. The number of carbonyl (C=O) groups is 2. The molecular weight excluding hydrogens is 414 g/mol. The summed E-state index contributed by atoms with van der Waals surface area (Å²) >= 11 is 0. The SMILES string of the molecule is CCCCCCCC(=O)Nc1cc(OC[C]2[CH][CH][CH][CH]2)cc(NC(=O)CCCCCCC)n1. The second kappa shape index (κ2) is 16.5. The van der Waals surface area contributed by atoms with Crippen LogP contribution in [-0.4, -0.2) is 23.4 Å². The standard InChI is InChI=1S/C27H40N3O3/c1-3-5-7-9-11-17-26(31)29-24-19-23(33-21-22-15-13-14-16-22)20-25(28-24)30-27(32)18-12-10-8-6-4-2/h13-16,19-20H,3-12,17-18,21H2,1-2H3,(H2,28,29,30,31,32). The van der Waals surface area contributed by atoms with Crippen molar-refractivity contribution < 1.29 is 14.3 Å². The first-order valence-electron chi connectivity index (χ1n) is 12.6. The molecule has 0 aliphatic heterocycles. The third-order valence-electron chi connectivity index (χ3n) is 5.49. The van der Waals surface area contributed by atoms with Crippen LogP contribution >= 0.6 is 0 Å². The molecule has 0 aromatic carbocycles. The zero-order valence-electron chi connectivity index (χ0n) is 20.3. The van der Waals surface area contributed by atoms with Crippen molar-refractivity contribution in [1.29, 1.82) is 0 Å². The van der Waals surface area contributed by atoms with Gasteiger partial charge in [0.25, 0.3) is 0 Å². The highest BCUT2D eigenvalue weighted by Crippen LogP contribution is 2.26. The first-order valence-corrected chi connectivity index (χ1v) is 12.6. The molecule has 0 saturated heterocycles. The molecule has 5 radical (unpaired) electrons. The van der Waals surface area contributed by atoms with Gasteiger partial charge in [-0.15, -0.1) is 0 Å². The summed E-state index contributed by atoms with van der Waals surface area (Å²) in [7, 11) is 0. The van der Waals surface area contributed by atoms with E-state index in [9.17, 15) is 9.59 Å². The molecule has 33 heavy (non-hydrogen) atoms. The van der Waals surface area contributed by atoms with E-state index in [0.29, 0.717) is 36.8 Å². The number of hydrogen-bond donors (Lipinski definition) is 2. The molecule has 1 aromatic rings. The fourth-order valence-corrected chi connectivity index (χ4v) is 3.58. The second-order valence-electron chi connectivity index (χ2n) is 8.58. The van der Waals surface area contributed by atoms with Gasteiger partial charge in [0.1, 0.15) is 17.4 Å². The lowest BCUT2D eigenvalue weighted by molar-refractivity contribution is -0.117. The largest absolute Gasteiger partial charge is 0.493 e. The molecule has 1 aliphatic rings. The van der Waals surface area contributed by atoms with Gasteiger partial charge in [-0.1, -0.05) is 65.2 Å². The summed E-state index contributed by atoms with van der Waals surface area (Å²) in [5.74, 6) is 2.27. The summed E-state index contributed by atoms with van der Waals surface area (Å²) in [6, 6.07) is 3.41. The summed E-state index contributed by atoms with van der Waals surface area (Å²) in [6.45, 7) is 4.76. The fraction of sp³-hybridized carbons (Fsp3) is 0.556. The first-order chi connectivity index (χ1) is 16.1. The van der Waals surface area contributed by atoms with Crippen LogP contribution in [0.3, 0.4) is 0 Å². The van der Waals surface area contributed by atoms with Crippen LogP contribution in [0, 0.1) is 31.6 Å². The highest BCUT2D eigenvalue weighted by Gasteiger charge is 2.18. The molecule has 0 atom stereocenters. The maximum absolute atomic E-state index is 12.4. The molecule has 6 nitrogen and oxygen atoms in total. The van der Waals surface area contributed by atoms with Crippen molar-refractivity contribution in [3.8, 4) is 5.75 Å².